The van der Waals surface area contributed by atoms with E-state index in [2.05, 4.69) is 69.5 Å². The summed E-state index contributed by atoms with van der Waals surface area (Å²) in [5.41, 5.74) is 0.985. The lowest BCUT2D eigenvalue weighted by molar-refractivity contribution is 0.676. The largest absolute Gasteiger partial charge is 0.307 e. The second-order valence-corrected chi connectivity index (χ2v) is 6.95. The van der Waals surface area contributed by atoms with Crippen LogP contribution in [0.25, 0.3) is 0 Å². The molecule has 0 aromatic carbocycles. The molecule has 2 aromatic heterocycles. The monoisotopic (exact) mass is 438 g/mol. The van der Waals surface area contributed by atoms with Crippen LogP contribution in [0, 0.1) is 0 Å². The van der Waals surface area contributed by atoms with Crippen molar-refractivity contribution in [2.45, 2.75) is 6.04 Å². The first kappa shape index (κ1) is 13.7. The summed E-state index contributed by atoms with van der Waals surface area (Å²) in [7, 11) is 1.94. The molecule has 0 aliphatic rings. The summed E-state index contributed by atoms with van der Waals surface area (Å²) in [4.78, 5) is 5.70. The molecule has 1 N–H and O–H groups in total. The second-order valence-electron chi connectivity index (χ2n) is 3.38. The molecule has 6 heteroatoms. The fraction of sp³-hybridized carbons (Fsp3) is 0.182. The zero-order valence-electron chi connectivity index (χ0n) is 8.88. The Balaban J connectivity index is 2.46. The molecule has 2 nitrogen and oxygen atoms in total. The number of nitrogens with zero attached hydrogens (tertiary/aromatic N) is 1. The highest BCUT2D eigenvalue weighted by atomic mass is 79.9. The highest BCUT2D eigenvalue weighted by Gasteiger charge is 2.20. The van der Waals surface area contributed by atoms with Crippen LogP contribution in [0.3, 0.4) is 0 Å². The van der Waals surface area contributed by atoms with Crippen molar-refractivity contribution in [3.05, 3.63) is 47.7 Å². The smallest absolute Gasteiger partial charge is 0.0865 e. The molecule has 0 saturated carbocycles. The van der Waals surface area contributed by atoms with Gasteiger partial charge in [0, 0.05) is 24.5 Å². The minimum absolute atomic E-state index is 0.0897. The van der Waals surface area contributed by atoms with E-state index in [4.69, 9.17) is 0 Å². The third kappa shape index (κ3) is 2.98. The predicted molar refractivity (Wildman–Crippen MR) is 82.6 cm³/mol. The van der Waals surface area contributed by atoms with Crippen molar-refractivity contribution in [1.29, 1.82) is 0 Å². The lowest BCUT2D eigenvalue weighted by Gasteiger charge is -2.16. The van der Waals surface area contributed by atoms with Crippen molar-refractivity contribution < 1.29 is 0 Å². The quantitative estimate of drug-likeness (QED) is 0.745. The summed E-state index contributed by atoms with van der Waals surface area (Å²) < 4.78 is 3.07. The number of hydrogen-bond donors (Lipinski definition) is 1. The zero-order valence-corrected chi connectivity index (χ0v) is 14.5. The van der Waals surface area contributed by atoms with Crippen molar-refractivity contribution in [3.63, 3.8) is 0 Å². The van der Waals surface area contributed by atoms with E-state index in [-0.39, 0.29) is 6.04 Å². The first-order chi connectivity index (χ1) is 8.13. The van der Waals surface area contributed by atoms with Crippen LogP contribution in [-0.2, 0) is 0 Å². The Hall–Kier alpha value is 0.250. The molecule has 1 unspecified atom stereocenters. The predicted octanol–water partition coefficient (Wildman–Crippen LogP) is 4.74. The van der Waals surface area contributed by atoms with Gasteiger partial charge in [0.05, 0.1) is 11.7 Å². The van der Waals surface area contributed by atoms with Crippen LogP contribution < -0.4 is 5.32 Å². The van der Waals surface area contributed by atoms with Crippen molar-refractivity contribution in [3.8, 4) is 0 Å². The van der Waals surface area contributed by atoms with Crippen LogP contribution in [0.1, 0.15) is 16.6 Å². The number of halogens is 3. The van der Waals surface area contributed by atoms with Gasteiger partial charge in [0.2, 0.25) is 0 Å². The van der Waals surface area contributed by atoms with E-state index < -0.39 is 0 Å². The van der Waals surface area contributed by atoms with E-state index in [0.717, 1.165) is 19.1 Å². The maximum absolute atomic E-state index is 4.48. The Morgan fingerprint density at radius 3 is 2.59 bits per heavy atom. The van der Waals surface area contributed by atoms with Gasteiger partial charge in [0.15, 0.2) is 0 Å². The van der Waals surface area contributed by atoms with Crippen molar-refractivity contribution in [1.82, 2.24) is 10.3 Å². The molecular weight excluding hydrogens is 432 g/mol. The minimum Gasteiger partial charge on any atom is -0.307 e. The molecule has 0 aliphatic carbocycles. The number of rotatable bonds is 3. The summed E-state index contributed by atoms with van der Waals surface area (Å²) in [6.07, 6.45) is 1.81. The first-order valence-corrected chi connectivity index (χ1v) is 8.10. The van der Waals surface area contributed by atoms with Gasteiger partial charge in [0.25, 0.3) is 0 Å². The normalized spacial score (nSPS) is 12.7. The third-order valence-electron chi connectivity index (χ3n) is 2.31. The van der Waals surface area contributed by atoms with Gasteiger partial charge in [0.1, 0.15) is 0 Å². The Bertz CT molecular complexity index is 527. The van der Waals surface area contributed by atoms with Crippen LogP contribution in [0.4, 0.5) is 0 Å². The second kappa shape index (κ2) is 5.93. The molecule has 0 aliphatic heterocycles. The van der Waals surface area contributed by atoms with Gasteiger partial charge in [-0.3, -0.25) is 4.98 Å². The zero-order chi connectivity index (χ0) is 12.4. The molecule has 90 valence electrons. The molecule has 2 rings (SSSR count). The fourth-order valence-electron chi connectivity index (χ4n) is 1.54. The summed E-state index contributed by atoms with van der Waals surface area (Å²) in [6.45, 7) is 0. The van der Waals surface area contributed by atoms with Gasteiger partial charge in [-0.25, -0.2) is 0 Å². The van der Waals surface area contributed by atoms with E-state index in [1.807, 2.05) is 19.3 Å². The average molecular weight is 441 g/mol. The Morgan fingerprint density at radius 2 is 2.06 bits per heavy atom. The SMILES string of the molecule is CNC(c1ncc(Br)cc1Br)c1sccc1Br. The topological polar surface area (TPSA) is 24.9 Å². The van der Waals surface area contributed by atoms with Crippen LogP contribution in [0.5, 0.6) is 0 Å². The van der Waals surface area contributed by atoms with E-state index in [9.17, 15) is 0 Å². The van der Waals surface area contributed by atoms with Gasteiger partial charge in [-0.05, 0) is 72.4 Å². The molecule has 0 bridgehead atoms. The first-order valence-electron chi connectivity index (χ1n) is 4.84. The fourth-order valence-corrected chi connectivity index (χ4v) is 4.47. The molecule has 17 heavy (non-hydrogen) atoms. The van der Waals surface area contributed by atoms with Crippen LogP contribution >= 0.6 is 59.1 Å². The van der Waals surface area contributed by atoms with Crippen LogP contribution in [0.2, 0.25) is 0 Å². The Labute approximate surface area is 129 Å². The summed E-state index contributed by atoms with van der Waals surface area (Å²) in [6, 6.07) is 4.15. The maximum Gasteiger partial charge on any atom is 0.0865 e. The maximum atomic E-state index is 4.48. The highest BCUT2D eigenvalue weighted by Crippen LogP contribution is 2.35. The number of thiophene rings is 1. The molecule has 0 saturated heterocycles. The molecule has 0 radical (unpaired) electrons. The minimum atomic E-state index is 0.0897. The molecule has 2 aromatic rings. The highest BCUT2D eigenvalue weighted by molar-refractivity contribution is 9.11. The standard InChI is InChI=1S/C11H9Br3N2S/c1-15-10(11-7(13)2-3-17-11)9-8(14)4-6(12)5-16-9/h2-5,10,15H,1H3. The summed E-state index contributed by atoms with van der Waals surface area (Å²) in [5.74, 6) is 0. The number of pyridine rings is 1. The molecule has 0 amide bonds. The van der Waals surface area contributed by atoms with Crippen molar-refractivity contribution >= 4 is 59.1 Å². The third-order valence-corrected chi connectivity index (χ3v) is 5.31. The van der Waals surface area contributed by atoms with E-state index in [0.29, 0.717) is 0 Å². The summed E-state index contributed by atoms with van der Waals surface area (Å²) in [5, 5.41) is 5.36. The Kier molecular flexibility index (Phi) is 4.77. The van der Waals surface area contributed by atoms with Gasteiger partial charge in [-0.2, -0.15) is 0 Å². The lowest BCUT2D eigenvalue weighted by atomic mass is 10.1. The van der Waals surface area contributed by atoms with Gasteiger partial charge in [-0.1, -0.05) is 0 Å². The molecular formula is C11H9Br3N2S. The number of nitrogens with one attached hydrogen (secondary N) is 1. The van der Waals surface area contributed by atoms with Crippen molar-refractivity contribution in [2.24, 2.45) is 0 Å². The lowest BCUT2D eigenvalue weighted by Crippen LogP contribution is -2.18. The van der Waals surface area contributed by atoms with E-state index in [1.165, 1.54) is 4.88 Å². The molecule has 1 atom stereocenters. The number of aromatic nitrogens is 1. The van der Waals surface area contributed by atoms with Gasteiger partial charge in [-0.15, -0.1) is 11.3 Å². The van der Waals surface area contributed by atoms with Gasteiger partial charge < -0.3 is 5.32 Å². The summed E-state index contributed by atoms with van der Waals surface area (Å²) >= 11 is 12.2. The van der Waals surface area contributed by atoms with Crippen LogP contribution in [0.15, 0.2) is 37.1 Å². The average Bonchev–Trinajstić information content (AvgIpc) is 2.69. The molecule has 0 spiro atoms. The van der Waals surface area contributed by atoms with Crippen molar-refractivity contribution in [2.75, 3.05) is 7.05 Å². The molecule has 0 fully saturated rings. The molecule has 2 heterocycles. The van der Waals surface area contributed by atoms with Gasteiger partial charge >= 0.3 is 0 Å². The van der Waals surface area contributed by atoms with Crippen LogP contribution in [-0.4, -0.2) is 12.0 Å². The Morgan fingerprint density at radius 1 is 1.29 bits per heavy atom. The van der Waals surface area contributed by atoms with E-state index in [1.54, 1.807) is 11.3 Å². The number of hydrogen-bond acceptors (Lipinski definition) is 3. The van der Waals surface area contributed by atoms with E-state index >= 15 is 0 Å².